The molecule has 0 spiro atoms. The van der Waals surface area contributed by atoms with Crippen molar-refractivity contribution in [2.24, 2.45) is 5.73 Å². The third-order valence-electron chi connectivity index (χ3n) is 2.60. The summed E-state index contributed by atoms with van der Waals surface area (Å²) in [4.78, 5) is 11.8. The van der Waals surface area contributed by atoms with Crippen LogP contribution in [-0.4, -0.2) is 28.7 Å². The van der Waals surface area contributed by atoms with Crippen LogP contribution in [0.5, 0.6) is 0 Å². The summed E-state index contributed by atoms with van der Waals surface area (Å²) >= 11 is 0. The third kappa shape index (κ3) is 4.75. The molecule has 0 fully saturated rings. The van der Waals surface area contributed by atoms with Crippen molar-refractivity contribution in [3.8, 4) is 0 Å². The maximum absolute atomic E-state index is 11.8. The van der Waals surface area contributed by atoms with Crippen molar-refractivity contribution in [2.75, 3.05) is 6.54 Å². The molecule has 6 heteroatoms. The van der Waals surface area contributed by atoms with Gasteiger partial charge in [0, 0.05) is 18.3 Å². The van der Waals surface area contributed by atoms with E-state index in [4.69, 9.17) is 5.73 Å². The number of carbonyl (C=O) groups excluding carboxylic acids is 1. The minimum absolute atomic E-state index is 0. The van der Waals surface area contributed by atoms with Crippen LogP contribution in [0.3, 0.4) is 0 Å². The molecule has 4 N–H and O–H groups in total. The van der Waals surface area contributed by atoms with Crippen molar-refractivity contribution < 1.29 is 4.79 Å². The van der Waals surface area contributed by atoms with Gasteiger partial charge < -0.3 is 11.1 Å². The highest BCUT2D eigenvalue weighted by atomic mass is 35.5. The maximum Gasteiger partial charge on any atom is 0.254 e. The summed E-state index contributed by atoms with van der Waals surface area (Å²) in [6.45, 7) is 4.42. The van der Waals surface area contributed by atoms with E-state index in [0.717, 1.165) is 25.0 Å². The van der Waals surface area contributed by atoms with Crippen molar-refractivity contribution in [3.05, 3.63) is 17.5 Å². The van der Waals surface area contributed by atoms with Gasteiger partial charge in [0.05, 0.1) is 11.8 Å². The highest BCUT2D eigenvalue weighted by Crippen LogP contribution is 2.05. The van der Waals surface area contributed by atoms with Gasteiger partial charge in [-0.15, -0.1) is 12.4 Å². The summed E-state index contributed by atoms with van der Waals surface area (Å²) in [5.74, 6) is -0.0993. The van der Waals surface area contributed by atoms with Crippen LogP contribution in [0.25, 0.3) is 0 Å². The Hall–Kier alpha value is -1.07. The molecule has 1 atom stereocenters. The third-order valence-corrected chi connectivity index (χ3v) is 2.60. The largest absolute Gasteiger partial charge is 0.348 e. The number of aryl methyl sites for hydroxylation is 1. The van der Waals surface area contributed by atoms with E-state index >= 15 is 0 Å². The molecule has 1 rings (SSSR count). The van der Waals surface area contributed by atoms with Gasteiger partial charge in [0.1, 0.15) is 0 Å². The normalized spacial score (nSPS) is 11.7. The number of hydrogen-bond acceptors (Lipinski definition) is 3. The summed E-state index contributed by atoms with van der Waals surface area (Å²) < 4.78 is 0. The fourth-order valence-corrected chi connectivity index (χ4v) is 1.54. The van der Waals surface area contributed by atoms with Gasteiger partial charge in [0.2, 0.25) is 0 Å². The molecule has 1 heterocycles. The van der Waals surface area contributed by atoms with Crippen LogP contribution in [0.2, 0.25) is 0 Å². The van der Waals surface area contributed by atoms with Crippen molar-refractivity contribution in [3.63, 3.8) is 0 Å². The molecule has 1 aromatic rings. The quantitative estimate of drug-likeness (QED) is 0.723. The Labute approximate surface area is 108 Å². The van der Waals surface area contributed by atoms with Gasteiger partial charge >= 0.3 is 0 Å². The average Bonchev–Trinajstić information content (AvgIpc) is 2.70. The molecule has 98 valence electrons. The number of hydrogen-bond donors (Lipinski definition) is 3. The number of nitrogens with zero attached hydrogens (tertiary/aromatic N) is 1. The molecule has 1 amide bonds. The Kier molecular flexibility index (Phi) is 7.58. The van der Waals surface area contributed by atoms with Crippen LogP contribution < -0.4 is 11.1 Å². The van der Waals surface area contributed by atoms with Gasteiger partial charge in [0.15, 0.2) is 0 Å². The van der Waals surface area contributed by atoms with E-state index in [1.54, 1.807) is 0 Å². The number of rotatable bonds is 6. The molecule has 0 aliphatic heterocycles. The Morgan fingerprint density at radius 2 is 2.35 bits per heavy atom. The molecular weight excluding hydrogens is 240 g/mol. The fraction of sp³-hybridized carbons (Fsp3) is 0.636. The molecule has 0 radical (unpaired) electrons. The van der Waals surface area contributed by atoms with Gasteiger partial charge in [-0.3, -0.25) is 9.89 Å². The van der Waals surface area contributed by atoms with Crippen molar-refractivity contribution in [1.29, 1.82) is 0 Å². The number of halogens is 1. The van der Waals surface area contributed by atoms with Crippen LogP contribution in [-0.2, 0) is 0 Å². The smallest absolute Gasteiger partial charge is 0.254 e. The van der Waals surface area contributed by atoms with E-state index in [9.17, 15) is 4.79 Å². The van der Waals surface area contributed by atoms with Gasteiger partial charge in [-0.25, -0.2) is 0 Å². The fourth-order valence-electron chi connectivity index (χ4n) is 1.54. The average molecular weight is 261 g/mol. The van der Waals surface area contributed by atoms with E-state index in [0.29, 0.717) is 12.1 Å². The Morgan fingerprint density at radius 3 is 2.82 bits per heavy atom. The Bertz CT molecular complexity index is 340. The molecule has 0 saturated carbocycles. The van der Waals surface area contributed by atoms with E-state index < -0.39 is 0 Å². The van der Waals surface area contributed by atoms with Gasteiger partial charge in [0.25, 0.3) is 5.91 Å². The highest BCUT2D eigenvalue weighted by molar-refractivity contribution is 5.95. The predicted molar refractivity (Wildman–Crippen MR) is 70.4 cm³/mol. The predicted octanol–water partition coefficient (Wildman–Crippen LogP) is 1.39. The number of nitrogens with two attached hydrogens (primary N) is 1. The molecule has 0 aromatic carbocycles. The Morgan fingerprint density at radius 1 is 1.65 bits per heavy atom. The van der Waals surface area contributed by atoms with E-state index in [1.807, 2.05) is 6.92 Å². The van der Waals surface area contributed by atoms with E-state index in [2.05, 4.69) is 22.4 Å². The number of aromatic amines is 1. The second kappa shape index (κ2) is 8.08. The van der Waals surface area contributed by atoms with Gasteiger partial charge in [-0.2, -0.15) is 5.10 Å². The summed E-state index contributed by atoms with van der Waals surface area (Å²) in [6, 6.07) is 0.0572. The molecular formula is C11H21ClN4O. The lowest BCUT2D eigenvalue weighted by Crippen LogP contribution is -2.40. The van der Waals surface area contributed by atoms with Crippen molar-refractivity contribution in [1.82, 2.24) is 15.5 Å². The Balaban J connectivity index is 0.00000256. The number of carbonyl (C=O) groups is 1. The lowest BCUT2D eigenvalue weighted by atomic mass is 10.1. The van der Waals surface area contributed by atoms with Gasteiger partial charge in [-0.1, -0.05) is 19.8 Å². The summed E-state index contributed by atoms with van der Waals surface area (Å²) in [7, 11) is 0. The number of nitrogens with one attached hydrogen (secondary N) is 2. The molecule has 1 unspecified atom stereocenters. The minimum Gasteiger partial charge on any atom is -0.348 e. The molecule has 1 aromatic heterocycles. The SMILES string of the molecule is CCCCC(CN)NC(=O)c1cn[nH]c1C.Cl. The van der Waals surface area contributed by atoms with Crippen LogP contribution >= 0.6 is 12.4 Å². The number of H-pyrrole nitrogens is 1. The van der Waals surface area contributed by atoms with E-state index in [-0.39, 0.29) is 24.4 Å². The zero-order chi connectivity index (χ0) is 12.0. The summed E-state index contributed by atoms with van der Waals surface area (Å²) in [5.41, 5.74) is 6.99. The summed E-state index contributed by atoms with van der Waals surface area (Å²) in [5, 5.41) is 9.48. The van der Waals surface area contributed by atoms with Crippen LogP contribution in [0.4, 0.5) is 0 Å². The molecule has 17 heavy (non-hydrogen) atoms. The zero-order valence-corrected chi connectivity index (χ0v) is 11.1. The standard InChI is InChI=1S/C11H20N4O.ClH/c1-3-4-5-9(6-12)14-11(16)10-7-13-15-8(10)2;/h7,9H,3-6,12H2,1-2H3,(H,13,15)(H,14,16);1H. The van der Waals surface area contributed by atoms with Gasteiger partial charge in [-0.05, 0) is 13.3 Å². The first-order chi connectivity index (χ1) is 7.69. The number of aromatic nitrogens is 2. The topological polar surface area (TPSA) is 83.8 Å². The molecule has 0 aliphatic rings. The minimum atomic E-state index is -0.0993. The highest BCUT2D eigenvalue weighted by Gasteiger charge is 2.14. The first-order valence-corrected chi connectivity index (χ1v) is 5.70. The molecule has 5 nitrogen and oxygen atoms in total. The monoisotopic (exact) mass is 260 g/mol. The second-order valence-electron chi connectivity index (χ2n) is 3.96. The van der Waals surface area contributed by atoms with Crippen molar-refractivity contribution >= 4 is 18.3 Å². The number of amides is 1. The maximum atomic E-state index is 11.8. The van der Waals surface area contributed by atoms with Crippen LogP contribution in [0.15, 0.2) is 6.20 Å². The lowest BCUT2D eigenvalue weighted by Gasteiger charge is -2.16. The van der Waals surface area contributed by atoms with E-state index in [1.165, 1.54) is 6.20 Å². The molecule has 0 bridgehead atoms. The molecule has 0 aliphatic carbocycles. The molecule has 0 saturated heterocycles. The van der Waals surface area contributed by atoms with Crippen LogP contribution in [0.1, 0.15) is 42.2 Å². The van der Waals surface area contributed by atoms with Crippen LogP contribution in [0, 0.1) is 6.92 Å². The second-order valence-corrected chi connectivity index (χ2v) is 3.96. The lowest BCUT2D eigenvalue weighted by molar-refractivity contribution is 0.0935. The first kappa shape index (κ1) is 15.9. The number of unbranched alkanes of at least 4 members (excludes halogenated alkanes) is 1. The van der Waals surface area contributed by atoms with Crippen molar-refractivity contribution in [2.45, 2.75) is 39.2 Å². The first-order valence-electron chi connectivity index (χ1n) is 5.70. The summed E-state index contributed by atoms with van der Waals surface area (Å²) in [6.07, 6.45) is 4.65. The zero-order valence-electron chi connectivity index (χ0n) is 10.3.